The molecule has 0 atom stereocenters. The van der Waals surface area contributed by atoms with Crippen LogP contribution in [0.5, 0.6) is 11.5 Å². The molecule has 0 saturated carbocycles. The minimum absolute atomic E-state index is 0.0808. The van der Waals surface area contributed by atoms with Gasteiger partial charge in [0, 0.05) is 22.8 Å². The monoisotopic (exact) mass is 448 g/mol. The van der Waals surface area contributed by atoms with Gasteiger partial charge in [-0.2, -0.15) is 0 Å². The van der Waals surface area contributed by atoms with Crippen LogP contribution >= 0.6 is 11.6 Å². The Balaban J connectivity index is 1.37. The molecule has 0 bridgehead atoms. The second kappa shape index (κ2) is 8.55. The summed E-state index contributed by atoms with van der Waals surface area (Å²) >= 11 is 5.98. The van der Waals surface area contributed by atoms with Crippen molar-refractivity contribution in [3.8, 4) is 11.5 Å². The summed E-state index contributed by atoms with van der Waals surface area (Å²) in [5.74, 6) is 0.856. The number of nitrogens with one attached hydrogen (secondary N) is 1. The van der Waals surface area contributed by atoms with Gasteiger partial charge in [-0.25, -0.2) is 0 Å². The van der Waals surface area contributed by atoms with E-state index in [-0.39, 0.29) is 11.8 Å². The van der Waals surface area contributed by atoms with E-state index in [4.69, 9.17) is 21.1 Å². The molecule has 2 amide bonds. The Morgan fingerprint density at radius 3 is 2.66 bits per heavy atom. The van der Waals surface area contributed by atoms with Crippen molar-refractivity contribution in [2.24, 2.45) is 0 Å². The molecule has 3 aromatic carbocycles. The zero-order valence-electron chi connectivity index (χ0n) is 17.3. The van der Waals surface area contributed by atoms with Gasteiger partial charge < -0.3 is 19.7 Å². The Morgan fingerprint density at radius 2 is 1.81 bits per heavy atom. The first-order chi connectivity index (χ1) is 15.6. The highest BCUT2D eigenvalue weighted by atomic mass is 35.5. The maximum absolute atomic E-state index is 12.9. The molecule has 7 heteroatoms. The number of carbonyl (C=O) groups excluding carboxylic acids is 2. The van der Waals surface area contributed by atoms with Crippen molar-refractivity contribution < 1.29 is 19.1 Å². The molecule has 1 N–H and O–H groups in total. The lowest BCUT2D eigenvalue weighted by atomic mass is 9.99. The van der Waals surface area contributed by atoms with Crippen LogP contribution in [-0.2, 0) is 17.8 Å². The van der Waals surface area contributed by atoms with Crippen LogP contribution < -0.4 is 19.7 Å². The van der Waals surface area contributed by atoms with E-state index >= 15 is 0 Å². The number of nitrogens with zero attached hydrogens (tertiary/aromatic N) is 1. The summed E-state index contributed by atoms with van der Waals surface area (Å²) in [6.07, 6.45) is 1.06. The summed E-state index contributed by atoms with van der Waals surface area (Å²) in [6.45, 7) is 1.35. The number of carbonyl (C=O) groups is 2. The van der Waals surface area contributed by atoms with Crippen LogP contribution in [0.3, 0.4) is 0 Å². The van der Waals surface area contributed by atoms with Gasteiger partial charge in [-0.15, -0.1) is 0 Å². The molecule has 0 aliphatic carbocycles. The summed E-state index contributed by atoms with van der Waals surface area (Å²) in [4.78, 5) is 27.3. The standard InChI is InChI=1S/C25H21ClN2O4/c26-18-7-4-16(5-8-18)15-28-21-10-9-19(14-17(21)6-11-23(28)29)27-25(30)20-2-1-3-22-24(20)32-13-12-31-22/h1-5,7-10,14H,6,11-13,15H2,(H,27,30). The van der Waals surface area contributed by atoms with E-state index in [9.17, 15) is 9.59 Å². The van der Waals surface area contributed by atoms with Gasteiger partial charge in [0.25, 0.3) is 5.91 Å². The lowest BCUT2D eigenvalue weighted by Crippen LogP contribution is -2.34. The fraction of sp³-hybridized carbons (Fsp3) is 0.200. The highest BCUT2D eigenvalue weighted by Gasteiger charge is 2.25. The van der Waals surface area contributed by atoms with Gasteiger partial charge in [-0.05, 0) is 60.0 Å². The second-order valence-electron chi connectivity index (χ2n) is 7.73. The van der Waals surface area contributed by atoms with Crippen LogP contribution in [0.25, 0.3) is 0 Å². The van der Waals surface area contributed by atoms with Crippen LogP contribution in [0, 0.1) is 0 Å². The molecule has 2 heterocycles. The quantitative estimate of drug-likeness (QED) is 0.620. The number of ether oxygens (including phenoxy) is 2. The number of hydrogen-bond donors (Lipinski definition) is 1. The number of benzene rings is 3. The van der Waals surface area contributed by atoms with Gasteiger partial charge in [-0.1, -0.05) is 29.8 Å². The zero-order valence-corrected chi connectivity index (χ0v) is 18.0. The predicted octanol–water partition coefficient (Wildman–Crippen LogP) is 4.84. The first kappa shape index (κ1) is 20.4. The maximum atomic E-state index is 12.9. The van der Waals surface area contributed by atoms with E-state index in [1.807, 2.05) is 42.5 Å². The summed E-state index contributed by atoms with van der Waals surface area (Å²) in [5, 5.41) is 3.61. The fourth-order valence-corrected chi connectivity index (χ4v) is 4.16. The first-order valence-electron chi connectivity index (χ1n) is 10.5. The number of anilines is 2. The fourth-order valence-electron chi connectivity index (χ4n) is 4.03. The molecule has 0 saturated heterocycles. The number of rotatable bonds is 4. The molecule has 0 radical (unpaired) electrons. The smallest absolute Gasteiger partial charge is 0.259 e. The molecule has 0 spiro atoms. The second-order valence-corrected chi connectivity index (χ2v) is 8.17. The molecule has 2 aliphatic rings. The third-order valence-electron chi connectivity index (χ3n) is 5.60. The number of aryl methyl sites for hydroxylation is 1. The Hall–Kier alpha value is -3.51. The van der Waals surface area contributed by atoms with Crippen molar-refractivity contribution in [2.45, 2.75) is 19.4 Å². The summed E-state index contributed by atoms with van der Waals surface area (Å²) in [6, 6.07) is 18.4. The lowest BCUT2D eigenvalue weighted by molar-refractivity contribution is -0.119. The number of amides is 2. The molecule has 32 heavy (non-hydrogen) atoms. The summed E-state index contributed by atoms with van der Waals surface area (Å²) < 4.78 is 11.2. The van der Waals surface area contributed by atoms with E-state index in [0.29, 0.717) is 60.4 Å². The maximum Gasteiger partial charge on any atom is 0.259 e. The molecule has 2 aliphatic heterocycles. The minimum Gasteiger partial charge on any atom is -0.486 e. The van der Waals surface area contributed by atoms with Crippen molar-refractivity contribution in [1.82, 2.24) is 0 Å². The molecule has 0 fully saturated rings. The summed E-state index contributed by atoms with van der Waals surface area (Å²) in [5.41, 5.74) is 3.99. The van der Waals surface area contributed by atoms with Crippen LogP contribution in [-0.4, -0.2) is 25.0 Å². The van der Waals surface area contributed by atoms with E-state index in [1.165, 1.54) is 0 Å². The predicted molar refractivity (Wildman–Crippen MR) is 123 cm³/mol. The van der Waals surface area contributed by atoms with Gasteiger partial charge in [0.05, 0.1) is 12.1 Å². The molecule has 6 nitrogen and oxygen atoms in total. The van der Waals surface area contributed by atoms with Crippen LogP contribution in [0.15, 0.2) is 60.7 Å². The van der Waals surface area contributed by atoms with Crippen LogP contribution in [0.4, 0.5) is 11.4 Å². The lowest BCUT2D eigenvalue weighted by Gasteiger charge is -2.30. The van der Waals surface area contributed by atoms with E-state index in [2.05, 4.69) is 5.32 Å². The van der Waals surface area contributed by atoms with E-state index in [1.54, 1.807) is 23.1 Å². The normalized spacial score (nSPS) is 14.7. The highest BCUT2D eigenvalue weighted by Crippen LogP contribution is 2.35. The summed E-state index contributed by atoms with van der Waals surface area (Å²) in [7, 11) is 0. The van der Waals surface area contributed by atoms with Crippen molar-refractivity contribution in [1.29, 1.82) is 0 Å². The third kappa shape index (κ3) is 4.01. The number of halogens is 1. The molecule has 0 unspecified atom stereocenters. The van der Waals surface area contributed by atoms with Gasteiger partial charge in [0.15, 0.2) is 11.5 Å². The Labute approximate surface area is 190 Å². The minimum atomic E-state index is -0.266. The molecule has 0 aromatic heterocycles. The molecule has 162 valence electrons. The van der Waals surface area contributed by atoms with Gasteiger partial charge in [0.1, 0.15) is 13.2 Å². The van der Waals surface area contributed by atoms with Crippen molar-refractivity contribution >= 4 is 34.8 Å². The number of hydrogen-bond acceptors (Lipinski definition) is 4. The van der Waals surface area contributed by atoms with E-state index < -0.39 is 0 Å². The Bertz CT molecular complexity index is 1190. The first-order valence-corrected chi connectivity index (χ1v) is 10.8. The van der Waals surface area contributed by atoms with Crippen LogP contribution in [0.2, 0.25) is 5.02 Å². The SMILES string of the molecule is O=C(Nc1ccc2c(c1)CCC(=O)N2Cc1ccc(Cl)cc1)c1cccc2c1OCCO2. The highest BCUT2D eigenvalue weighted by molar-refractivity contribution is 6.30. The van der Waals surface area contributed by atoms with Gasteiger partial charge >= 0.3 is 0 Å². The largest absolute Gasteiger partial charge is 0.486 e. The number of para-hydroxylation sites is 1. The Kier molecular flexibility index (Phi) is 5.45. The third-order valence-corrected chi connectivity index (χ3v) is 5.85. The topological polar surface area (TPSA) is 67.9 Å². The van der Waals surface area contributed by atoms with Gasteiger partial charge in [0.2, 0.25) is 5.91 Å². The van der Waals surface area contributed by atoms with Crippen molar-refractivity contribution in [3.63, 3.8) is 0 Å². The molecular formula is C25H21ClN2O4. The number of fused-ring (bicyclic) bond motifs is 2. The average Bonchev–Trinajstić information content (AvgIpc) is 2.82. The molecular weight excluding hydrogens is 428 g/mol. The Morgan fingerprint density at radius 1 is 1.00 bits per heavy atom. The zero-order chi connectivity index (χ0) is 22.1. The molecule has 3 aromatic rings. The van der Waals surface area contributed by atoms with E-state index in [0.717, 1.165) is 16.8 Å². The molecule has 5 rings (SSSR count). The van der Waals surface area contributed by atoms with Crippen molar-refractivity contribution in [2.75, 3.05) is 23.4 Å². The average molecular weight is 449 g/mol. The van der Waals surface area contributed by atoms with Gasteiger partial charge in [-0.3, -0.25) is 9.59 Å². The van der Waals surface area contributed by atoms with Crippen LogP contribution in [0.1, 0.15) is 27.9 Å². The van der Waals surface area contributed by atoms with Crippen molar-refractivity contribution in [3.05, 3.63) is 82.4 Å².